The van der Waals surface area contributed by atoms with Crippen molar-refractivity contribution in [2.75, 3.05) is 54.3 Å². The second-order valence-corrected chi connectivity index (χ2v) is 8.44. The third-order valence-electron chi connectivity index (χ3n) is 4.85. The Labute approximate surface area is 205 Å². The van der Waals surface area contributed by atoms with Gasteiger partial charge in [-0.25, -0.2) is 5.43 Å². The van der Waals surface area contributed by atoms with Crippen LogP contribution in [0.2, 0.25) is 0 Å². The molecule has 0 aliphatic carbocycles. The molecule has 35 heavy (non-hydrogen) atoms. The van der Waals surface area contributed by atoms with E-state index >= 15 is 0 Å². The zero-order valence-corrected chi connectivity index (χ0v) is 19.5. The molecule has 1 saturated heterocycles. The summed E-state index contributed by atoms with van der Waals surface area (Å²) in [5.41, 5.74) is 4.11. The molecule has 0 spiro atoms. The number of aliphatic hydroxyl groups is 1. The Bertz CT molecular complexity index is 1180. The summed E-state index contributed by atoms with van der Waals surface area (Å²) in [6, 6.07) is 14.3. The molecule has 1 fully saturated rings. The predicted octanol–water partition coefficient (Wildman–Crippen LogP) is 2.89. The number of thioether (sulfide) groups is 1. The van der Waals surface area contributed by atoms with Gasteiger partial charge >= 0.3 is 0 Å². The Morgan fingerprint density at radius 2 is 1.91 bits per heavy atom. The fourth-order valence-corrected chi connectivity index (χ4v) is 3.98. The van der Waals surface area contributed by atoms with Crippen molar-refractivity contribution >= 4 is 47.2 Å². The summed E-state index contributed by atoms with van der Waals surface area (Å²) in [4.78, 5) is 26.9. The average Bonchev–Trinajstić information content (AvgIpc) is 2.89. The van der Waals surface area contributed by atoms with Crippen molar-refractivity contribution in [2.24, 2.45) is 5.10 Å². The van der Waals surface area contributed by atoms with Crippen LogP contribution < -0.4 is 15.6 Å². The Morgan fingerprint density at radius 1 is 1.14 bits per heavy atom. The average molecular weight is 497 g/mol. The molecule has 2 heterocycles. The van der Waals surface area contributed by atoms with Crippen LogP contribution in [0.1, 0.15) is 5.56 Å². The SMILES string of the molecule is O=[N+]([O-])c1cc(/C=N\Nc2nc(Nc3ccccc3)nc(N3CCOCC3)n2)ccc1SCCO. The minimum atomic E-state index is -0.452. The number of nitrogens with one attached hydrogen (secondary N) is 2. The zero-order chi connectivity index (χ0) is 24.5. The molecule has 4 rings (SSSR count). The number of aliphatic hydroxyl groups excluding tert-OH is 1. The van der Waals surface area contributed by atoms with Crippen molar-refractivity contribution in [3.05, 3.63) is 64.2 Å². The van der Waals surface area contributed by atoms with Gasteiger partial charge in [-0.2, -0.15) is 20.1 Å². The van der Waals surface area contributed by atoms with Crippen LogP contribution in [0.3, 0.4) is 0 Å². The topological polar surface area (TPSA) is 151 Å². The molecule has 0 unspecified atom stereocenters. The van der Waals surface area contributed by atoms with Gasteiger partial charge in [0.2, 0.25) is 17.8 Å². The highest BCUT2D eigenvalue weighted by atomic mass is 32.2. The smallest absolute Gasteiger partial charge is 0.283 e. The fraction of sp³-hybridized carbons (Fsp3) is 0.273. The minimum Gasteiger partial charge on any atom is -0.396 e. The van der Waals surface area contributed by atoms with Crippen molar-refractivity contribution in [3.63, 3.8) is 0 Å². The highest BCUT2D eigenvalue weighted by molar-refractivity contribution is 7.99. The molecule has 1 aliphatic heterocycles. The molecular formula is C22H24N8O4S. The molecule has 0 saturated carbocycles. The first-order valence-electron chi connectivity index (χ1n) is 10.8. The van der Waals surface area contributed by atoms with Crippen molar-refractivity contribution in [1.82, 2.24) is 15.0 Å². The number of benzene rings is 2. The first-order valence-corrected chi connectivity index (χ1v) is 11.8. The van der Waals surface area contributed by atoms with Gasteiger partial charge < -0.3 is 20.1 Å². The second-order valence-electron chi connectivity index (χ2n) is 7.30. The third kappa shape index (κ3) is 6.85. The number of ether oxygens (including phenoxy) is 1. The van der Waals surface area contributed by atoms with E-state index < -0.39 is 4.92 Å². The number of nitro benzene ring substituents is 1. The summed E-state index contributed by atoms with van der Waals surface area (Å²) < 4.78 is 5.42. The zero-order valence-electron chi connectivity index (χ0n) is 18.7. The van der Waals surface area contributed by atoms with E-state index in [1.54, 1.807) is 12.1 Å². The van der Waals surface area contributed by atoms with Crippen molar-refractivity contribution in [3.8, 4) is 0 Å². The van der Waals surface area contributed by atoms with Gasteiger partial charge in [-0.3, -0.25) is 10.1 Å². The van der Waals surface area contributed by atoms with E-state index in [0.717, 1.165) is 5.69 Å². The van der Waals surface area contributed by atoms with Crippen LogP contribution in [0.4, 0.5) is 29.2 Å². The lowest BCUT2D eigenvalue weighted by molar-refractivity contribution is -0.387. The van der Waals surface area contributed by atoms with Gasteiger partial charge in [-0.1, -0.05) is 24.3 Å². The molecule has 2 aromatic carbocycles. The highest BCUT2D eigenvalue weighted by Gasteiger charge is 2.17. The molecule has 0 amide bonds. The lowest BCUT2D eigenvalue weighted by atomic mass is 10.2. The van der Waals surface area contributed by atoms with Crippen LogP contribution in [0, 0.1) is 10.1 Å². The normalized spacial score (nSPS) is 13.7. The van der Waals surface area contributed by atoms with Crippen LogP contribution >= 0.6 is 11.8 Å². The molecule has 12 nitrogen and oxygen atoms in total. The summed E-state index contributed by atoms with van der Waals surface area (Å²) in [7, 11) is 0. The summed E-state index contributed by atoms with van der Waals surface area (Å²) in [5.74, 6) is 1.44. The summed E-state index contributed by atoms with van der Waals surface area (Å²) >= 11 is 1.22. The molecule has 0 radical (unpaired) electrons. The predicted molar refractivity (Wildman–Crippen MR) is 135 cm³/mol. The van der Waals surface area contributed by atoms with Gasteiger partial charge in [0.25, 0.3) is 5.69 Å². The standard InChI is InChI=1S/C22H24N8O4S/c31-10-13-35-19-7-6-16(14-18(19)30(32)33)15-23-28-21-25-20(24-17-4-2-1-3-5-17)26-22(27-21)29-8-11-34-12-9-29/h1-7,14-15,31H,8-13H2,(H2,24,25,26,27,28)/b23-15-. The van der Waals surface area contributed by atoms with Crippen molar-refractivity contribution in [1.29, 1.82) is 0 Å². The maximum Gasteiger partial charge on any atom is 0.283 e. The molecule has 0 bridgehead atoms. The number of morpholine rings is 1. The van der Waals surface area contributed by atoms with Crippen LogP contribution in [-0.4, -0.2) is 69.9 Å². The van der Waals surface area contributed by atoms with Gasteiger partial charge in [0.15, 0.2) is 0 Å². The van der Waals surface area contributed by atoms with Crippen LogP contribution in [-0.2, 0) is 4.74 Å². The van der Waals surface area contributed by atoms with Gasteiger partial charge in [-0.15, -0.1) is 11.8 Å². The molecule has 13 heteroatoms. The van der Waals surface area contributed by atoms with E-state index in [1.807, 2.05) is 35.2 Å². The van der Waals surface area contributed by atoms with Crippen LogP contribution in [0.25, 0.3) is 0 Å². The second kappa shape index (κ2) is 12.1. The third-order valence-corrected chi connectivity index (χ3v) is 5.90. The van der Waals surface area contributed by atoms with E-state index in [0.29, 0.717) is 54.4 Å². The number of nitro groups is 1. The van der Waals surface area contributed by atoms with Gasteiger partial charge in [0.1, 0.15) is 0 Å². The van der Waals surface area contributed by atoms with Crippen LogP contribution in [0.15, 0.2) is 58.5 Å². The number of anilines is 4. The Kier molecular flexibility index (Phi) is 8.38. The van der Waals surface area contributed by atoms with E-state index in [-0.39, 0.29) is 18.2 Å². The monoisotopic (exact) mass is 496 g/mol. The van der Waals surface area contributed by atoms with E-state index in [4.69, 9.17) is 9.84 Å². The largest absolute Gasteiger partial charge is 0.396 e. The maximum absolute atomic E-state index is 11.4. The summed E-state index contributed by atoms with van der Waals surface area (Å²) in [6.07, 6.45) is 1.45. The quantitative estimate of drug-likeness (QED) is 0.164. The first kappa shape index (κ1) is 24.3. The number of hydrogen-bond acceptors (Lipinski definition) is 12. The molecule has 182 valence electrons. The van der Waals surface area contributed by atoms with Crippen molar-refractivity contribution < 1.29 is 14.8 Å². The molecule has 0 atom stereocenters. The van der Waals surface area contributed by atoms with Gasteiger partial charge in [0, 0.05) is 36.2 Å². The number of hydrogen-bond donors (Lipinski definition) is 3. The van der Waals surface area contributed by atoms with Crippen LogP contribution in [0.5, 0.6) is 0 Å². The summed E-state index contributed by atoms with van der Waals surface area (Å²) in [6.45, 7) is 2.41. The number of hydrazone groups is 1. The Balaban J connectivity index is 1.54. The molecule has 1 aromatic heterocycles. The lowest BCUT2D eigenvalue weighted by Crippen LogP contribution is -2.37. The highest BCUT2D eigenvalue weighted by Crippen LogP contribution is 2.29. The number of rotatable bonds is 10. The molecular weight excluding hydrogens is 472 g/mol. The summed E-state index contributed by atoms with van der Waals surface area (Å²) in [5, 5.41) is 27.8. The maximum atomic E-state index is 11.4. The first-order chi connectivity index (χ1) is 17.1. The van der Waals surface area contributed by atoms with Gasteiger partial charge in [-0.05, 0) is 18.2 Å². The Morgan fingerprint density at radius 3 is 2.66 bits per heavy atom. The van der Waals surface area contributed by atoms with E-state index in [2.05, 4.69) is 30.8 Å². The van der Waals surface area contributed by atoms with Gasteiger partial charge in [0.05, 0.1) is 35.9 Å². The van der Waals surface area contributed by atoms with E-state index in [1.165, 1.54) is 24.0 Å². The number of aromatic nitrogens is 3. The number of para-hydroxylation sites is 1. The lowest BCUT2D eigenvalue weighted by Gasteiger charge is -2.27. The molecule has 3 aromatic rings. The molecule has 3 N–H and O–H groups in total. The van der Waals surface area contributed by atoms with E-state index in [9.17, 15) is 10.1 Å². The minimum absolute atomic E-state index is 0.0449. The molecule has 1 aliphatic rings. The fourth-order valence-electron chi connectivity index (χ4n) is 3.23. The van der Waals surface area contributed by atoms with Crippen molar-refractivity contribution in [2.45, 2.75) is 4.90 Å². The Hall–Kier alpha value is -3.81. The number of nitrogens with zero attached hydrogens (tertiary/aromatic N) is 6.